The predicted octanol–water partition coefficient (Wildman–Crippen LogP) is 3.50. The maximum absolute atomic E-state index is 12.8. The highest BCUT2D eigenvalue weighted by Crippen LogP contribution is 2.60. The van der Waals surface area contributed by atoms with E-state index in [1.807, 2.05) is 0 Å². The molecule has 4 nitrogen and oxygen atoms in total. The maximum Gasteiger partial charge on any atom is 0.232 e. The summed E-state index contributed by atoms with van der Waals surface area (Å²) in [4.78, 5) is 28.9. The van der Waals surface area contributed by atoms with Crippen LogP contribution in [-0.2, 0) is 4.79 Å². The lowest BCUT2D eigenvalue weighted by molar-refractivity contribution is -0.140. The van der Waals surface area contributed by atoms with Crippen LogP contribution in [0.1, 0.15) is 55.1 Å². The second kappa shape index (κ2) is 4.63. The summed E-state index contributed by atoms with van der Waals surface area (Å²) in [5.41, 5.74) is -0.156. The molecule has 0 aliphatic heterocycles. The summed E-state index contributed by atoms with van der Waals surface area (Å²) < 4.78 is 0. The van der Waals surface area contributed by atoms with E-state index in [0.29, 0.717) is 10.0 Å². The number of aromatic nitrogens is 1. The molecule has 1 amide bonds. The summed E-state index contributed by atoms with van der Waals surface area (Å²) in [7, 11) is 0. The number of nitrogens with zero attached hydrogens (tertiary/aromatic N) is 1. The highest BCUT2D eigenvalue weighted by Gasteiger charge is 2.54. The molecule has 0 radical (unpaired) electrons. The zero-order chi connectivity index (χ0) is 14.6. The molecular weight excluding hydrogens is 284 g/mol. The molecule has 1 heterocycles. The zero-order valence-electron chi connectivity index (χ0n) is 12.2. The fourth-order valence-corrected chi connectivity index (χ4v) is 5.82. The van der Waals surface area contributed by atoms with E-state index in [1.54, 1.807) is 6.20 Å². The molecule has 4 saturated carbocycles. The Bertz CT molecular complexity index is 572. The molecule has 5 heteroatoms. The average molecular weight is 304 g/mol. The van der Waals surface area contributed by atoms with Crippen molar-refractivity contribution >= 4 is 28.2 Å². The Balaban J connectivity index is 1.53. The number of Topliss-reactive ketones (excluding diaryl/α,β-unsaturated/α-hetero) is 1. The first kappa shape index (κ1) is 13.4. The highest BCUT2D eigenvalue weighted by atomic mass is 32.1. The Kier molecular flexibility index (Phi) is 2.96. The van der Waals surface area contributed by atoms with Crippen molar-refractivity contribution in [2.75, 3.05) is 5.32 Å². The van der Waals surface area contributed by atoms with Crippen LogP contribution in [0.4, 0.5) is 5.13 Å². The molecule has 1 aromatic rings. The molecule has 21 heavy (non-hydrogen) atoms. The van der Waals surface area contributed by atoms with Crippen LogP contribution in [-0.4, -0.2) is 16.7 Å². The minimum atomic E-state index is -0.156. The van der Waals surface area contributed by atoms with Gasteiger partial charge in [0.15, 0.2) is 10.9 Å². The van der Waals surface area contributed by atoms with Gasteiger partial charge in [0.05, 0.1) is 16.5 Å². The van der Waals surface area contributed by atoms with E-state index < -0.39 is 0 Å². The number of ketones is 1. The van der Waals surface area contributed by atoms with Crippen molar-refractivity contribution in [2.45, 2.75) is 45.4 Å². The molecule has 0 saturated heterocycles. The van der Waals surface area contributed by atoms with Gasteiger partial charge in [-0.25, -0.2) is 4.98 Å². The van der Waals surface area contributed by atoms with Gasteiger partial charge in [0.2, 0.25) is 5.91 Å². The third-order valence-corrected chi connectivity index (χ3v) is 6.61. The monoisotopic (exact) mass is 304 g/mol. The summed E-state index contributed by atoms with van der Waals surface area (Å²) >= 11 is 1.28. The van der Waals surface area contributed by atoms with Crippen molar-refractivity contribution in [3.63, 3.8) is 0 Å². The largest absolute Gasteiger partial charge is 0.301 e. The van der Waals surface area contributed by atoms with Gasteiger partial charge in [-0.15, -0.1) is 0 Å². The second-order valence-electron chi connectivity index (χ2n) is 7.24. The second-order valence-corrected chi connectivity index (χ2v) is 8.27. The number of nitrogens with one attached hydrogen (secondary N) is 1. The zero-order valence-corrected chi connectivity index (χ0v) is 13.0. The highest BCUT2D eigenvalue weighted by molar-refractivity contribution is 7.17. The van der Waals surface area contributed by atoms with Gasteiger partial charge in [0, 0.05) is 6.92 Å². The summed E-state index contributed by atoms with van der Waals surface area (Å²) in [5.74, 6) is 2.41. The number of hydrogen-bond acceptors (Lipinski definition) is 4. The summed E-state index contributed by atoms with van der Waals surface area (Å²) in [6, 6.07) is 0. The molecule has 4 aliphatic carbocycles. The van der Waals surface area contributed by atoms with Crippen LogP contribution in [0.5, 0.6) is 0 Å². The van der Waals surface area contributed by atoms with Crippen molar-refractivity contribution < 1.29 is 9.59 Å². The standard InChI is InChI=1S/C16H20N2O2S/c1-9(19)13-8-17-15(21-13)18-14(20)16-5-10-2-11(6-16)4-12(3-10)7-16/h8,10-12H,2-7H2,1H3,(H,17,18,20). The normalized spacial score (nSPS) is 36.7. The number of anilines is 1. The Labute approximate surface area is 128 Å². The minimum Gasteiger partial charge on any atom is -0.301 e. The summed E-state index contributed by atoms with van der Waals surface area (Å²) in [5, 5.41) is 3.56. The fourth-order valence-electron chi connectivity index (χ4n) is 5.11. The lowest BCUT2D eigenvalue weighted by Crippen LogP contribution is -2.51. The molecular formula is C16H20N2O2S. The van der Waals surface area contributed by atoms with E-state index in [9.17, 15) is 9.59 Å². The lowest BCUT2D eigenvalue weighted by Gasteiger charge is -2.55. The number of rotatable bonds is 3. The smallest absolute Gasteiger partial charge is 0.232 e. The first-order chi connectivity index (χ1) is 10.0. The third-order valence-electron chi connectivity index (χ3n) is 5.59. The van der Waals surface area contributed by atoms with Crippen molar-refractivity contribution in [2.24, 2.45) is 23.2 Å². The Hall–Kier alpha value is -1.23. The van der Waals surface area contributed by atoms with Crippen molar-refractivity contribution in [1.82, 2.24) is 4.98 Å². The molecule has 0 atom stereocenters. The Morgan fingerprint density at radius 2 is 1.76 bits per heavy atom. The molecule has 4 fully saturated rings. The third kappa shape index (κ3) is 2.22. The molecule has 0 aromatic carbocycles. The van der Waals surface area contributed by atoms with Crippen molar-refractivity contribution in [1.29, 1.82) is 0 Å². The molecule has 0 spiro atoms. The number of carbonyl (C=O) groups is 2. The van der Waals surface area contributed by atoms with Crippen LogP contribution in [0.15, 0.2) is 6.20 Å². The molecule has 0 unspecified atom stereocenters. The number of hydrogen-bond donors (Lipinski definition) is 1. The van der Waals surface area contributed by atoms with Crippen LogP contribution >= 0.6 is 11.3 Å². The number of thiazole rings is 1. The van der Waals surface area contributed by atoms with Crippen LogP contribution in [0.25, 0.3) is 0 Å². The summed E-state index contributed by atoms with van der Waals surface area (Å²) in [6.45, 7) is 1.53. The van der Waals surface area contributed by atoms with Crippen molar-refractivity contribution in [3.05, 3.63) is 11.1 Å². The first-order valence-electron chi connectivity index (χ1n) is 7.82. The number of amides is 1. The van der Waals surface area contributed by atoms with Gasteiger partial charge in [0.1, 0.15) is 0 Å². The van der Waals surface area contributed by atoms with Crippen molar-refractivity contribution in [3.8, 4) is 0 Å². The van der Waals surface area contributed by atoms with Gasteiger partial charge in [-0.2, -0.15) is 0 Å². The van der Waals surface area contributed by atoms with Gasteiger partial charge in [-0.1, -0.05) is 11.3 Å². The Morgan fingerprint density at radius 3 is 2.24 bits per heavy atom. The molecule has 5 rings (SSSR count). The lowest BCUT2D eigenvalue weighted by atomic mass is 9.49. The average Bonchev–Trinajstić information content (AvgIpc) is 2.85. The van der Waals surface area contributed by atoms with E-state index in [-0.39, 0.29) is 17.1 Å². The summed E-state index contributed by atoms with van der Waals surface area (Å²) in [6.07, 6.45) is 8.71. The minimum absolute atomic E-state index is 0.00260. The molecule has 1 N–H and O–H groups in total. The van der Waals surface area contributed by atoms with Crippen LogP contribution < -0.4 is 5.32 Å². The van der Waals surface area contributed by atoms with E-state index in [2.05, 4.69) is 10.3 Å². The topological polar surface area (TPSA) is 59.1 Å². The van der Waals surface area contributed by atoms with Gasteiger partial charge >= 0.3 is 0 Å². The van der Waals surface area contributed by atoms with E-state index >= 15 is 0 Å². The maximum atomic E-state index is 12.8. The van der Waals surface area contributed by atoms with E-state index in [4.69, 9.17) is 0 Å². The molecule has 1 aromatic heterocycles. The van der Waals surface area contributed by atoms with Gasteiger partial charge in [-0.3, -0.25) is 9.59 Å². The van der Waals surface area contributed by atoms with Crippen LogP contribution in [0, 0.1) is 23.2 Å². The predicted molar refractivity (Wildman–Crippen MR) is 81.4 cm³/mol. The van der Waals surface area contributed by atoms with Crippen LogP contribution in [0.2, 0.25) is 0 Å². The Morgan fingerprint density at radius 1 is 1.19 bits per heavy atom. The van der Waals surface area contributed by atoms with E-state index in [0.717, 1.165) is 37.0 Å². The van der Waals surface area contributed by atoms with Gasteiger partial charge in [-0.05, 0) is 56.3 Å². The van der Waals surface area contributed by atoms with E-state index in [1.165, 1.54) is 37.5 Å². The SMILES string of the molecule is CC(=O)c1cnc(NC(=O)C23CC4CC(CC(C4)C2)C3)s1. The number of carbonyl (C=O) groups excluding carboxylic acids is 2. The molecule has 112 valence electrons. The molecule has 4 bridgehead atoms. The first-order valence-corrected chi connectivity index (χ1v) is 8.64. The van der Waals surface area contributed by atoms with Crippen LogP contribution in [0.3, 0.4) is 0 Å². The van der Waals surface area contributed by atoms with Gasteiger partial charge in [0.25, 0.3) is 0 Å². The fraction of sp³-hybridized carbons (Fsp3) is 0.688. The van der Waals surface area contributed by atoms with Gasteiger partial charge < -0.3 is 5.32 Å². The quantitative estimate of drug-likeness (QED) is 0.869. The molecule has 4 aliphatic rings.